The first-order valence-corrected chi connectivity index (χ1v) is 8.22. The molecule has 0 aliphatic heterocycles. The number of carbonyl (C=O) groups is 1. The van der Waals surface area contributed by atoms with Crippen LogP contribution in [-0.2, 0) is 6.54 Å². The highest BCUT2D eigenvalue weighted by Gasteiger charge is 2.21. The van der Waals surface area contributed by atoms with E-state index in [1.165, 1.54) is 26.6 Å². The Labute approximate surface area is 162 Å². The van der Waals surface area contributed by atoms with Gasteiger partial charge in [0.2, 0.25) is 0 Å². The van der Waals surface area contributed by atoms with Crippen LogP contribution < -0.4 is 14.8 Å². The topological polar surface area (TPSA) is 65.4 Å². The van der Waals surface area contributed by atoms with Crippen molar-refractivity contribution in [2.75, 3.05) is 19.5 Å². The van der Waals surface area contributed by atoms with Gasteiger partial charge in [-0.15, -0.1) is 0 Å². The SMILES string of the molecule is COc1cccc(OC)c1C(=O)Nc1cnn(Cc2c(F)cc(F)c(F)c2F)c1. The van der Waals surface area contributed by atoms with Gasteiger partial charge in [0.05, 0.1) is 32.6 Å². The monoisotopic (exact) mass is 409 g/mol. The van der Waals surface area contributed by atoms with Crippen molar-refractivity contribution in [3.8, 4) is 11.5 Å². The Morgan fingerprint density at radius 3 is 2.34 bits per heavy atom. The molecule has 0 unspecified atom stereocenters. The van der Waals surface area contributed by atoms with Crippen molar-refractivity contribution in [3.05, 3.63) is 71.1 Å². The summed E-state index contributed by atoms with van der Waals surface area (Å²) in [6, 6.07) is 5.07. The molecule has 0 bridgehead atoms. The molecule has 0 saturated carbocycles. The first kappa shape index (κ1) is 20.2. The van der Waals surface area contributed by atoms with E-state index in [1.54, 1.807) is 18.2 Å². The van der Waals surface area contributed by atoms with E-state index < -0.39 is 41.3 Å². The van der Waals surface area contributed by atoms with E-state index in [9.17, 15) is 22.4 Å². The molecule has 152 valence electrons. The summed E-state index contributed by atoms with van der Waals surface area (Å²) in [5.41, 5.74) is -0.356. The number of methoxy groups -OCH3 is 2. The molecule has 0 aliphatic carbocycles. The van der Waals surface area contributed by atoms with Crippen LogP contribution in [0.4, 0.5) is 23.2 Å². The molecule has 10 heteroatoms. The number of anilines is 1. The second-order valence-corrected chi connectivity index (χ2v) is 5.86. The van der Waals surface area contributed by atoms with Crippen LogP contribution in [0.3, 0.4) is 0 Å². The fraction of sp³-hybridized carbons (Fsp3) is 0.158. The highest BCUT2D eigenvalue weighted by atomic mass is 19.2. The minimum atomic E-state index is -1.77. The van der Waals surface area contributed by atoms with E-state index in [2.05, 4.69) is 10.4 Å². The summed E-state index contributed by atoms with van der Waals surface area (Å²) in [7, 11) is 2.79. The number of amides is 1. The molecule has 29 heavy (non-hydrogen) atoms. The lowest BCUT2D eigenvalue weighted by molar-refractivity contribution is 0.102. The summed E-state index contributed by atoms with van der Waals surface area (Å²) in [4.78, 5) is 12.6. The summed E-state index contributed by atoms with van der Waals surface area (Å²) in [5, 5.41) is 6.43. The van der Waals surface area contributed by atoms with Gasteiger partial charge in [0.15, 0.2) is 17.5 Å². The highest BCUT2D eigenvalue weighted by Crippen LogP contribution is 2.29. The molecule has 0 aliphatic rings. The number of halogens is 4. The van der Waals surface area contributed by atoms with Gasteiger partial charge in [0.25, 0.3) is 5.91 Å². The van der Waals surface area contributed by atoms with Crippen molar-refractivity contribution < 1.29 is 31.8 Å². The second kappa shape index (κ2) is 8.21. The molecule has 6 nitrogen and oxygen atoms in total. The number of aromatic nitrogens is 2. The molecule has 1 aromatic heterocycles. The maximum atomic E-state index is 13.8. The maximum Gasteiger partial charge on any atom is 0.263 e. The average molecular weight is 409 g/mol. The smallest absolute Gasteiger partial charge is 0.263 e. The first-order chi connectivity index (χ1) is 13.8. The Morgan fingerprint density at radius 2 is 1.72 bits per heavy atom. The molecule has 0 spiro atoms. The molecule has 1 heterocycles. The van der Waals surface area contributed by atoms with Gasteiger partial charge < -0.3 is 14.8 Å². The van der Waals surface area contributed by atoms with Crippen LogP contribution in [0.1, 0.15) is 15.9 Å². The molecule has 0 fully saturated rings. The quantitative estimate of drug-likeness (QED) is 0.383. The van der Waals surface area contributed by atoms with Crippen LogP contribution in [0.15, 0.2) is 36.7 Å². The van der Waals surface area contributed by atoms with Gasteiger partial charge in [0.1, 0.15) is 22.9 Å². The fourth-order valence-electron chi connectivity index (χ4n) is 2.69. The molecular weight excluding hydrogens is 394 g/mol. The van der Waals surface area contributed by atoms with Gasteiger partial charge in [-0.1, -0.05) is 6.07 Å². The van der Waals surface area contributed by atoms with Gasteiger partial charge in [-0.3, -0.25) is 9.48 Å². The summed E-state index contributed by atoms with van der Waals surface area (Å²) < 4.78 is 65.4. The Morgan fingerprint density at radius 1 is 1.07 bits per heavy atom. The largest absolute Gasteiger partial charge is 0.496 e. The zero-order valence-electron chi connectivity index (χ0n) is 15.3. The van der Waals surface area contributed by atoms with Crippen LogP contribution in [0.25, 0.3) is 0 Å². The van der Waals surface area contributed by atoms with E-state index in [0.29, 0.717) is 0 Å². The van der Waals surface area contributed by atoms with Gasteiger partial charge in [-0.05, 0) is 12.1 Å². The van der Waals surface area contributed by atoms with Crippen LogP contribution in [-0.4, -0.2) is 29.9 Å². The standard InChI is InChI=1S/C19H15F4N3O3/c1-28-14-4-3-5-15(29-2)16(14)19(27)25-10-7-24-26(8-10)9-11-12(20)6-13(21)18(23)17(11)22/h3-8H,9H2,1-2H3,(H,25,27). The third-order valence-corrected chi connectivity index (χ3v) is 4.08. The molecule has 1 N–H and O–H groups in total. The molecule has 1 amide bonds. The Balaban J connectivity index is 1.82. The van der Waals surface area contributed by atoms with Gasteiger partial charge >= 0.3 is 0 Å². The van der Waals surface area contributed by atoms with Gasteiger partial charge in [-0.25, -0.2) is 17.6 Å². The summed E-state index contributed by atoms with van der Waals surface area (Å²) in [5.74, 6) is -6.29. The lowest BCUT2D eigenvalue weighted by Crippen LogP contribution is -2.14. The number of rotatable bonds is 6. The third-order valence-electron chi connectivity index (χ3n) is 4.08. The lowest BCUT2D eigenvalue weighted by atomic mass is 10.1. The molecule has 0 saturated heterocycles. The van der Waals surface area contributed by atoms with E-state index in [4.69, 9.17) is 9.47 Å². The van der Waals surface area contributed by atoms with Crippen molar-refractivity contribution in [1.29, 1.82) is 0 Å². The van der Waals surface area contributed by atoms with Crippen molar-refractivity contribution in [2.24, 2.45) is 0 Å². The molecule has 3 aromatic rings. The van der Waals surface area contributed by atoms with Crippen LogP contribution in [0.2, 0.25) is 0 Å². The first-order valence-electron chi connectivity index (χ1n) is 8.22. The number of benzene rings is 2. The fourth-order valence-corrected chi connectivity index (χ4v) is 2.69. The van der Waals surface area contributed by atoms with Crippen molar-refractivity contribution in [2.45, 2.75) is 6.54 Å². The Bertz CT molecular complexity index is 1050. The number of hydrogen-bond donors (Lipinski definition) is 1. The minimum absolute atomic E-state index is 0.142. The number of hydrogen-bond acceptors (Lipinski definition) is 4. The number of nitrogens with one attached hydrogen (secondary N) is 1. The summed E-state index contributed by atoms with van der Waals surface area (Å²) in [6.45, 7) is -0.511. The predicted molar refractivity (Wildman–Crippen MR) is 95.1 cm³/mol. The van der Waals surface area contributed by atoms with E-state index >= 15 is 0 Å². The molecular formula is C19H15F4N3O3. The van der Waals surface area contributed by atoms with Crippen molar-refractivity contribution in [1.82, 2.24) is 9.78 Å². The van der Waals surface area contributed by atoms with Gasteiger partial charge in [-0.2, -0.15) is 5.10 Å². The second-order valence-electron chi connectivity index (χ2n) is 5.86. The summed E-state index contributed by atoms with van der Waals surface area (Å²) in [6.07, 6.45) is 2.51. The number of nitrogens with zero attached hydrogens (tertiary/aromatic N) is 2. The van der Waals surface area contributed by atoms with Crippen LogP contribution >= 0.6 is 0 Å². The number of carbonyl (C=O) groups excluding carboxylic acids is 1. The predicted octanol–water partition coefficient (Wildman–Crippen LogP) is 3.76. The Hall–Kier alpha value is -3.56. The van der Waals surface area contributed by atoms with Crippen molar-refractivity contribution in [3.63, 3.8) is 0 Å². The van der Waals surface area contributed by atoms with Gasteiger partial charge in [0, 0.05) is 17.8 Å². The number of ether oxygens (including phenoxy) is 2. The molecule has 2 aromatic carbocycles. The Kier molecular flexibility index (Phi) is 5.71. The van der Waals surface area contributed by atoms with Crippen LogP contribution in [0.5, 0.6) is 11.5 Å². The average Bonchev–Trinajstić information content (AvgIpc) is 3.15. The zero-order valence-corrected chi connectivity index (χ0v) is 15.3. The summed E-state index contributed by atoms with van der Waals surface area (Å²) >= 11 is 0. The lowest BCUT2D eigenvalue weighted by Gasteiger charge is -2.12. The maximum absolute atomic E-state index is 13.8. The molecule has 0 radical (unpaired) electrons. The molecule has 0 atom stereocenters. The van der Waals surface area contributed by atoms with E-state index in [1.807, 2.05) is 0 Å². The minimum Gasteiger partial charge on any atom is -0.496 e. The molecule has 3 rings (SSSR count). The van der Waals surface area contributed by atoms with Crippen molar-refractivity contribution >= 4 is 11.6 Å². The normalized spacial score (nSPS) is 10.7. The highest BCUT2D eigenvalue weighted by molar-refractivity contribution is 6.08. The third kappa shape index (κ3) is 4.00. The van der Waals surface area contributed by atoms with E-state index in [0.717, 1.165) is 4.68 Å². The van der Waals surface area contributed by atoms with E-state index in [-0.39, 0.29) is 28.8 Å². The zero-order chi connectivity index (χ0) is 21.1. The van der Waals surface area contributed by atoms with Crippen LogP contribution in [0, 0.1) is 23.3 Å².